The smallest absolute Gasteiger partial charge is 0.145 e. The summed E-state index contributed by atoms with van der Waals surface area (Å²) < 4.78 is 15.2. The number of ether oxygens (including phenoxy) is 3. The van der Waals surface area contributed by atoms with Gasteiger partial charge in [0.25, 0.3) is 0 Å². The van der Waals surface area contributed by atoms with Gasteiger partial charge in [-0.05, 0) is 19.3 Å². The molecule has 0 bridgehead atoms. The summed E-state index contributed by atoms with van der Waals surface area (Å²) in [7, 11) is 1.70. The fraction of sp³-hybridized carbons (Fsp3) is 0.900. The molecule has 0 radical (unpaired) electrons. The first-order valence-corrected chi connectivity index (χ1v) is 5.00. The first-order chi connectivity index (χ1) is 6.91. The largest absolute Gasteiger partial charge is 0.385 e. The number of hydrogen-bond donors (Lipinski definition) is 0. The van der Waals surface area contributed by atoms with E-state index in [-0.39, 0.29) is 6.61 Å². The standard InChI is InChI=1S/C10H20O4/c1-12-6-2-3-7-13-8-4-9-14-10-5-11/h5H,2-4,6-10H2,1H3. The topological polar surface area (TPSA) is 44.8 Å². The lowest BCUT2D eigenvalue weighted by atomic mass is 10.3. The van der Waals surface area contributed by atoms with Crippen molar-refractivity contribution in [2.24, 2.45) is 0 Å². The molecular weight excluding hydrogens is 184 g/mol. The molecule has 0 amide bonds. The second-order valence-electron chi connectivity index (χ2n) is 2.91. The number of rotatable bonds is 11. The molecule has 0 aromatic carbocycles. The Hall–Kier alpha value is -0.450. The predicted molar refractivity (Wildman–Crippen MR) is 53.4 cm³/mol. The number of carbonyl (C=O) groups is 1. The molecule has 0 aromatic heterocycles. The highest BCUT2D eigenvalue weighted by atomic mass is 16.5. The van der Waals surface area contributed by atoms with Crippen molar-refractivity contribution in [1.29, 1.82) is 0 Å². The Morgan fingerprint density at radius 3 is 2.29 bits per heavy atom. The Kier molecular flexibility index (Phi) is 12.1. The molecule has 0 atom stereocenters. The summed E-state index contributed by atoms with van der Waals surface area (Å²) >= 11 is 0. The predicted octanol–water partition coefficient (Wildman–Crippen LogP) is 1.04. The van der Waals surface area contributed by atoms with Gasteiger partial charge >= 0.3 is 0 Å². The quantitative estimate of drug-likeness (QED) is 0.372. The van der Waals surface area contributed by atoms with Crippen molar-refractivity contribution in [2.75, 3.05) is 40.1 Å². The van der Waals surface area contributed by atoms with Crippen LogP contribution in [0.25, 0.3) is 0 Å². The first kappa shape index (κ1) is 13.5. The first-order valence-electron chi connectivity index (χ1n) is 5.00. The Morgan fingerprint density at radius 2 is 1.57 bits per heavy atom. The van der Waals surface area contributed by atoms with E-state index in [1.54, 1.807) is 7.11 Å². The molecule has 0 aliphatic heterocycles. The number of unbranched alkanes of at least 4 members (excludes halogenated alkanes) is 1. The molecule has 0 aliphatic rings. The van der Waals surface area contributed by atoms with Crippen LogP contribution in [0, 0.1) is 0 Å². The van der Waals surface area contributed by atoms with Crippen LogP contribution in [-0.2, 0) is 19.0 Å². The summed E-state index contributed by atoms with van der Waals surface area (Å²) in [6.45, 7) is 3.05. The van der Waals surface area contributed by atoms with Crippen LogP contribution in [0.1, 0.15) is 19.3 Å². The molecule has 14 heavy (non-hydrogen) atoms. The Morgan fingerprint density at radius 1 is 0.929 bits per heavy atom. The van der Waals surface area contributed by atoms with Gasteiger partial charge in [0.05, 0.1) is 0 Å². The number of carbonyl (C=O) groups excluding carboxylic acids is 1. The third-order valence-electron chi connectivity index (χ3n) is 1.65. The van der Waals surface area contributed by atoms with Gasteiger partial charge in [0.2, 0.25) is 0 Å². The minimum atomic E-state index is 0.188. The van der Waals surface area contributed by atoms with Gasteiger partial charge in [-0.2, -0.15) is 0 Å². The number of hydrogen-bond acceptors (Lipinski definition) is 4. The zero-order chi connectivity index (χ0) is 10.5. The minimum Gasteiger partial charge on any atom is -0.385 e. The van der Waals surface area contributed by atoms with Gasteiger partial charge < -0.3 is 19.0 Å². The van der Waals surface area contributed by atoms with Crippen molar-refractivity contribution < 1.29 is 19.0 Å². The number of methoxy groups -OCH3 is 1. The monoisotopic (exact) mass is 204 g/mol. The molecule has 0 saturated heterocycles. The average Bonchev–Trinajstić information content (AvgIpc) is 2.21. The molecule has 0 N–H and O–H groups in total. The summed E-state index contributed by atoms with van der Waals surface area (Å²) in [6.07, 6.45) is 3.67. The lowest BCUT2D eigenvalue weighted by Gasteiger charge is -2.03. The SMILES string of the molecule is COCCCCOCCCOCC=O. The lowest BCUT2D eigenvalue weighted by molar-refractivity contribution is -0.112. The molecule has 4 nitrogen and oxygen atoms in total. The average molecular weight is 204 g/mol. The van der Waals surface area contributed by atoms with Crippen LogP contribution in [0.15, 0.2) is 0 Å². The molecular formula is C10H20O4. The maximum atomic E-state index is 9.87. The van der Waals surface area contributed by atoms with Gasteiger partial charge in [-0.1, -0.05) is 0 Å². The highest BCUT2D eigenvalue weighted by molar-refractivity contribution is 5.50. The molecule has 0 fully saturated rings. The van der Waals surface area contributed by atoms with E-state index < -0.39 is 0 Å². The summed E-state index contributed by atoms with van der Waals surface area (Å²) in [5, 5.41) is 0. The van der Waals surface area contributed by atoms with Crippen molar-refractivity contribution >= 4 is 6.29 Å². The van der Waals surface area contributed by atoms with Crippen molar-refractivity contribution in [1.82, 2.24) is 0 Å². The van der Waals surface area contributed by atoms with Crippen molar-refractivity contribution in [3.8, 4) is 0 Å². The third kappa shape index (κ3) is 11.6. The molecule has 84 valence electrons. The van der Waals surface area contributed by atoms with E-state index in [0.717, 1.165) is 38.8 Å². The molecule has 4 heteroatoms. The summed E-state index contributed by atoms with van der Waals surface area (Å²) in [6, 6.07) is 0. The summed E-state index contributed by atoms with van der Waals surface area (Å²) in [5.41, 5.74) is 0. The van der Waals surface area contributed by atoms with Crippen molar-refractivity contribution in [3.05, 3.63) is 0 Å². The fourth-order valence-electron chi connectivity index (χ4n) is 0.947. The molecule has 0 aromatic rings. The third-order valence-corrected chi connectivity index (χ3v) is 1.65. The maximum Gasteiger partial charge on any atom is 0.145 e. The molecule has 0 heterocycles. The summed E-state index contributed by atoms with van der Waals surface area (Å²) in [5.74, 6) is 0. The molecule has 0 aliphatic carbocycles. The fourth-order valence-corrected chi connectivity index (χ4v) is 0.947. The van der Waals surface area contributed by atoms with Crippen LogP contribution in [0.2, 0.25) is 0 Å². The van der Waals surface area contributed by atoms with Gasteiger partial charge in [-0.15, -0.1) is 0 Å². The van der Waals surface area contributed by atoms with Crippen LogP contribution >= 0.6 is 0 Å². The molecule has 0 rings (SSSR count). The lowest BCUT2D eigenvalue weighted by Crippen LogP contribution is -2.04. The molecule has 0 spiro atoms. The molecule has 0 saturated carbocycles. The molecule has 0 unspecified atom stereocenters. The van der Waals surface area contributed by atoms with E-state index >= 15 is 0 Å². The second-order valence-corrected chi connectivity index (χ2v) is 2.91. The maximum absolute atomic E-state index is 9.87. The summed E-state index contributed by atoms with van der Waals surface area (Å²) in [4.78, 5) is 9.87. The highest BCUT2D eigenvalue weighted by Gasteiger charge is 1.91. The van der Waals surface area contributed by atoms with Gasteiger partial charge in [0, 0.05) is 33.5 Å². The Labute approximate surface area is 85.5 Å². The zero-order valence-corrected chi connectivity index (χ0v) is 8.87. The van der Waals surface area contributed by atoms with Gasteiger partial charge in [0.1, 0.15) is 12.9 Å². The van der Waals surface area contributed by atoms with E-state index in [0.29, 0.717) is 13.2 Å². The van der Waals surface area contributed by atoms with Crippen molar-refractivity contribution in [2.45, 2.75) is 19.3 Å². The van der Waals surface area contributed by atoms with E-state index in [4.69, 9.17) is 14.2 Å². The van der Waals surface area contributed by atoms with Crippen LogP contribution in [0.4, 0.5) is 0 Å². The van der Waals surface area contributed by atoms with E-state index in [1.807, 2.05) is 0 Å². The van der Waals surface area contributed by atoms with Crippen LogP contribution in [0.5, 0.6) is 0 Å². The van der Waals surface area contributed by atoms with Gasteiger partial charge in [0.15, 0.2) is 0 Å². The van der Waals surface area contributed by atoms with E-state index in [2.05, 4.69) is 0 Å². The Bertz CT molecular complexity index is 117. The highest BCUT2D eigenvalue weighted by Crippen LogP contribution is 1.92. The zero-order valence-electron chi connectivity index (χ0n) is 8.87. The van der Waals surface area contributed by atoms with Gasteiger partial charge in [-0.3, -0.25) is 0 Å². The van der Waals surface area contributed by atoms with Crippen LogP contribution in [0.3, 0.4) is 0 Å². The minimum absolute atomic E-state index is 0.188. The van der Waals surface area contributed by atoms with E-state index in [1.165, 1.54) is 0 Å². The normalized spacial score (nSPS) is 10.4. The Balaban J connectivity index is 2.81. The van der Waals surface area contributed by atoms with Gasteiger partial charge in [-0.25, -0.2) is 0 Å². The van der Waals surface area contributed by atoms with Crippen molar-refractivity contribution in [3.63, 3.8) is 0 Å². The number of aldehydes is 1. The second kappa shape index (κ2) is 12.6. The van der Waals surface area contributed by atoms with E-state index in [9.17, 15) is 4.79 Å². The van der Waals surface area contributed by atoms with Crippen LogP contribution < -0.4 is 0 Å². The van der Waals surface area contributed by atoms with Crippen LogP contribution in [-0.4, -0.2) is 46.4 Å².